The van der Waals surface area contributed by atoms with Crippen LogP contribution in [-0.2, 0) is 4.79 Å². The smallest absolute Gasteiger partial charge is 0.230 e. The first-order chi connectivity index (χ1) is 8.49. The van der Waals surface area contributed by atoms with Gasteiger partial charge in [0.15, 0.2) is 0 Å². The summed E-state index contributed by atoms with van der Waals surface area (Å²) < 4.78 is 0. The molecule has 2 aliphatic rings. The van der Waals surface area contributed by atoms with Crippen LogP contribution in [0.4, 0.5) is 0 Å². The third-order valence-electron chi connectivity index (χ3n) is 5.05. The van der Waals surface area contributed by atoms with Gasteiger partial charge >= 0.3 is 0 Å². The van der Waals surface area contributed by atoms with Crippen molar-refractivity contribution in [3.05, 3.63) is 0 Å². The normalized spacial score (nSPS) is 32.8. The molecule has 1 N–H and O–H groups in total. The van der Waals surface area contributed by atoms with E-state index in [1.54, 1.807) is 0 Å². The van der Waals surface area contributed by atoms with Gasteiger partial charge in [-0.1, -0.05) is 27.7 Å². The fourth-order valence-corrected chi connectivity index (χ4v) is 3.66. The van der Waals surface area contributed by atoms with E-state index in [4.69, 9.17) is 0 Å². The topological polar surface area (TPSA) is 32.3 Å². The lowest BCUT2D eigenvalue weighted by Crippen LogP contribution is -2.51. The number of carbonyl (C=O) groups is 1. The van der Waals surface area contributed by atoms with Gasteiger partial charge in [-0.25, -0.2) is 0 Å². The highest BCUT2D eigenvalue weighted by Crippen LogP contribution is 2.39. The number of hydrogen-bond donors (Lipinski definition) is 1. The van der Waals surface area contributed by atoms with Crippen molar-refractivity contribution in [3.8, 4) is 0 Å². The van der Waals surface area contributed by atoms with Crippen molar-refractivity contribution in [1.82, 2.24) is 10.2 Å². The first kappa shape index (κ1) is 13.9. The first-order valence-electron chi connectivity index (χ1n) is 7.51. The summed E-state index contributed by atoms with van der Waals surface area (Å²) >= 11 is 0. The number of rotatable bonds is 3. The van der Waals surface area contributed by atoms with Gasteiger partial charge in [0.1, 0.15) is 0 Å². The van der Waals surface area contributed by atoms with Crippen LogP contribution in [-0.4, -0.2) is 36.5 Å². The monoisotopic (exact) mass is 252 g/mol. The van der Waals surface area contributed by atoms with Crippen molar-refractivity contribution in [2.45, 2.75) is 53.0 Å². The molecule has 2 unspecified atom stereocenters. The van der Waals surface area contributed by atoms with Crippen LogP contribution in [0, 0.1) is 17.3 Å². The fraction of sp³-hybridized carbons (Fsp3) is 0.933. The van der Waals surface area contributed by atoms with E-state index in [1.165, 1.54) is 12.8 Å². The average Bonchev–Trinajstić information content (AvgIpc) is 2.98. The molecule has 0 saturated carbocycles. The second kappa shape index (κ2) is 5.20. The highest BCUT2D eigenvalue weighted by molar-refractivity contribution is 5.84. The molecule has 1 amide bonds. The van der Waals surface area contributed by atoms with Crippen molar-refractivity contribution in [3.63, 3.8) is 0 Å². The maximum absolute atomic E-state index is 13.0. The summed E-state index contributed by atoms with van der Waals surface area (Å²) in [6, 6.07) is 0.466. The van der Waals surface area contributed by atoms with Crippen LogP contribution in [0.5, 0.6) is 0 Å². The van der Waals surface area contributed by atoms with Crippen LogP contribution in [0.3, 0.4) is 0 Å². The van der Waals surface area contributed by atoms with Crippen molar-refractivity contribution in [2.75, 3.05) is 19.6 Å². The van der Waals surface area contributed by atoms with E-state index in [0.717, 1.165) is 26.1 Å². The molecule has 104 valence electrons. The molecule has 3 nitrogen and oxygen atoms in total. The van der Waals surface area contributed by atoms with Crippen LogP contribution in [0.1, 0.15) is 47.0 Å². The van der Waals surface area contributed by atoms with Crippen LogP contribution >= 0.6 is 0 Å². The quantitative estimate of drug-likeness (QED) is 0.835. The third-order valence-corrected chi connectivity index (χ3v) is 5.05. The second-order valence-electron chi connectivity index (χ2n) is 6.69. The van der Waals surface area contributed by atoms with Crippen molar-refractivity contribution >= 4 is 5.91 Å². The number of hydrogen-bond acceptors (Lipinski definition) is 2. The lowest BCUT2D eigenvalue weighted by atomic mass is 9.75. The molecule has 0 spiro atoms. The minimum Gasteiger partial charge on any atom is -0.339 e. The van der Waals surface area contributed by atoms with Gasteiger partial charge in [-0.3, -0.25) is 4.79 Å². The van der Waals surface area contributed by atoms with E-state index in [9.17, 15) is 4.79 Å². The molecule has 0 radical (unpaired) electrons. The Kier molecular flexibility index (Phi) is 4.00. The summed E-state index contributed by atoms with van der Waals surface area (Å²) in [7, 11) is 0. The minimum atomic E-state index is -0.141. The molecule has 2 saturated heterocycles. The molecule has 18 heavy (non-hydrogen) atoms. The maximum atomic E-state index is 13.0. The Bertz CT molecular complexity index is 306. The van der Waals surface area contributed by atoms with Gasteiger partial charge in [0.2, 0.25) is 5.91 Å². The van der Waals surface area contributed by atoms with E-state index in [1.807, 2.05) is 0 Å². The predicted octanol–water partition coefficient (Wildman–Crippen LogP) is 2.27. The Hall–Kier alpha value is -0.570. The number of carbonyl (C=O) groups excluding carboxylic acids is 1. The Balaban J connectivity index is 2.19. The van der Waals surface area contributed by atoms with Gasteiger partial charge < -0.3 is 10.2 Å². The van der Waals surface area contributed by atoms with E-state index >= 15 is 0 Å². The molecule has 0 aromatic rings. The lowest BCUT2D eigenvalue weighted by Gasteiger charge is -2.38. The number of nitrogens with zero attached hydrogens (tertiary/aromatic N) is 1. The summed E-state index contributed by atoms with van der Waals surface area (Å²) in [6.07, 6.45) is 3.37. The van der Waals surface area contributed by atoms with Crippen LogP contribution in [0.25, 0.3) is 0 Å². The molecule has 2 fully saturated rings. The Morgan fingerprint density at radius 1 is 1.33 bits per heavy atom. The summed E-state index contributed by atoms with van der Waals surface area (Å²) in [5.74, 6) is 1.42. The van der Waals surface area contributed by atoms with Gasteiger partial charge in [0.25, 0.3) is 0 Å². The number of likely N-dealkylation sites (tertiary alicyclic amines) is 1. The predicted molar refractivity (Wildman–Crippen MR) is 74.3 cm³/mol. The molecule has 2 aliphatic heterocycles. The standard InChI is InChI=1S/C15H28N2O/c1-11(2)13-6-5-9-17(13)14(18)15(12(3)4)7-8-16-10-15/h11-13,16H,5-10H2,1-4H3. The van der Waals surface area contributed by atoms with E-state index in [2.05, 4.69) is 37.9 Å². The second-order valence-corrected chi connectivity index (χ2v) is 6.69. The molecular formula is C15H28N2O. The van der Waals surface area contributed by atoms with Gasteiger partial charge in [-0.2, -0.15) is 0 Å². The Morgan fingerprint density at radius 2 is 2.06 bits per heavy atom. The van der Waals surface area contributed by atoms with E-state index in [0.29, 0.717) is 23.8 Å². The highest BCUT2D eigenvalue weighted by Gasteiger charge is 2.48. The van der Waals surface area contributed by atoms with Gasteiger partial charge in [0.05, 0.1) is 5.41 Å². The highest BCUT2D eigenvalue weighted by atomic mass is 16.2. The van der Waals surface area contributed by atoms with Crippen molar-refractivity contribution in [2.24, 2.45) is 17.3 Å². The van der Waals surface area contributed by atoms with Crippen LogP contribution in [0.2, 0.25) is 0 Å². The van der Waals surface area contributed by atoms with Crippen molar-refractivity contribution < 1.29 is 4.79 Å². The zero-order chi connectivity index (χ0) is 13.3. The molecule has 0 aliphatic carbocycles. The summed E-state index contributed by atoms with van der Waals surface area (Å²) in [6.45, 7) is 11.7. The Labute approximate surface area is 111 Å². The summed E-state index contributed by atoms with van der Waals surface area (Å²) in [4.78, 5) is 15.2. The van der Waals surface area contributed by atoms with Crippen LogP contribution in [0.15, 0.2) is 0 Å². The molecular weight excluding hydrogens is 224 g/mol. The zero-order valence-corrected chi connectivity index (χ0v) is 12.3. The summed E-state index contributed by atoms with van der Waals surface area (Å²) in [5, 5.41) is 3.40. The summed E-state index contributed by atoms with van der Waals surface area (Å²) in [5.41, 5.74) is -0.141. The molecule has 3 heteroatoms. The lowest BCUT2D eigenvalue weighted by molar-refractivity contribution is -0.145. The first-order valence-corrected chi connectivity index (χ1v) is 7.51. The van der Waals surface area contributed by atoms with E-state index < -0.39 is 0 Å². The fourth-order valence-electron chi connectivity index (χ4n) is 3.66. The zero-order valence-electron chi connectivity index (χ0n) is 12.3. The van der Waals surface area contributed by atoms with Gasteiger partial charge in [-0.15, -0.1) is 0 Å². The molecule has 0 aromatic heterocycles. The molecule has 2 atom stereocenters. The SMILES string of the molecule is CC(C)C1CCCN1C(=O)C1(C(C)C)CCNC1. The minimum absolute atomic E-state index is 0.141. The van der Waals surface area contributed by atoms with Crippen molar-refractivity contribution in [1.29, 1.82) is 0 Å². The van der Waals surface area contributed by atoms with E-state index in [-0.39, 0.29) is 5.41 Å². The third kappa shape index (κ3) is 2.18. The molecule has 2 rings (SSSR count). The molecule has 0 aromatic carbocycles. The van der Waals surface area contributed by atoms with Crippen LogP contribution < -0.4 is 5.32 Å². The largest absolute Gasteiger partial charge is 0.339 e. The molecule has 0 bridgehead atoms. The Morgan fingerprint density at radius 3 is 2.56 bits per heavy atom. The van der Waals surface area contributed by atoms with Gasteiger partial charge in [-0.05, 0) is 37.6 Å². The number of amides is 1. The molecule has 2 heterocycles. The average molecular weight is 252 g/mol. The number of nitrogens with one attached hydrogen (secondary N) is 1. The maximum Gasteiger partial charge on any atom is 0.230 e. The van der Waals surface area contributed by atoms with Gasteiger partial charge in [0, 0.05) is 19.1 Å².